The van der Waals surface area contributed by atoms with E-state index in [1.807, 2.05) is 36.4 Å². The van der Waals surface area contributed by atoms with Crippen molar-refractivity contribution in [3.05, 3.63) is 148 Å². The monoisotopic (exact) mass is 606 g/mol. The standard InChI is InChI=1S/C36H14O10/c37-33-19-9-27-29(11-21(19)35(39)45-33)43-25-7-17-15(5-23(25)41-27)31-13-3-1-2-4-14(13)32(17)18-8-26-24(6-16(18)31)42-28-10-20-22(12-30(28)44-26)36(40)46-34(20)38/h1-12,31-32H. The minimum Gasteiger partial charge on any atom is -0.449 e. The normalized spacial score (nSPS) is 16.6. The van der Waals surface area contributed by atoms with Crippen LogP contribution in [0.1, 0.15) is 45.2 Å². The van der Waals surface area contributed by atoms with E-state index in [2.05, 4.69) is 12.1 Å². The Balaban J connectivity index is 1.18. The Morgan fingerprint density at radius 1 is 0.326 bits per heavy atom. The first kappa shape index (κ1) is 24.0. The Kier molecular flexibility index (Phi) is 4.06. The van der Waals surface area contributed by atoms with E-state index < -0.39 is 22.5 Å². The molecule has 0 saturated carbocycles. The Morgan fingerprint density at radius 2 is 0.587 bits per heavy atom. The molecule has 0 fully saturated rings. The molecule has 10 nitrogen and oxygen atoms in total. The summed E-state index contributed by atoms with van der Waals surface area (Å²) < 4.78 is 34.6. The molecule has 3 aliphatic rings. The lowest BCUT2D eigenvalue weighted by atomic mass is 9.61. The van der Waals surface area contributed by atoms with Crippen molar-refractivity contribution in [3.63, 3.8) is 0 Å². The molecule has 218 valence electrons. The van der Waals surface area contributed by atoms with Gasteiger partial charge in [0.2, 0.25) is 0 Å². The van der Waals surface area contributed by atoms with Gasteiger partial charge in [-0.25, -0.2) is 19.2 Å². The van der Waals surface area contributed by atoms with E-state index >= 15 is 0 Å². The lowest BCUT2D eigenvalue weighted by molar-refractivity contribution is 0.499. The van der Waals surface area contributed by atoms with Gasteiger partial charge >= 0.3 is 22.5 Å². The highest BCUT2D eigenvalue weighted by Gasteiger charge is 2.42. The molecule has 9 aromatic rings. The van der Waals surface area contributed by atoms with E-state index in [4.69, 9.17) is 26.5 Å². The number of furan rings is 2. The predicted octanol–water partition coefficient (Wildman–Crippen LogP) is 6.59. The van der Waals surface area contributed by atoms with Gasteiger partial charge in [-0.3, -0.25) is 0 Å². The summed E-state index contributed by atoms with van der Waals surface area (Å²) in [6, 6.07) is 22.1. The zero-order valence-corrected chi connectivity index (χ0v) is 23.2. The molecule has 0 atom stereocenters. The molecule has 12 rings (SSSR count). The lowest BCUT2D eigenvalue weighted by Crippen LogP contribution is -2.27. The third-order valence-corrected chi connectivity index (χ3v) is 9.46. The summed E-state index contributed by atoms with van der Waals surface area (Å²) in [6.45, 7) is 0. The molecule has 4 aromatic heterocycles. The van der Waals surface area contributed by atoms with Gasteiger partial charge in [-0.15, -0.1) is 0 Å². The van der Waals surface area contributed by atoms with Crippen LogP contribution in [0.5, 0.6) is 0 Å². The largest absolute Gasteiger partial charge is 0.449 e. The molecule has 3 aliphatic carbocycles. The zero-order valence-electron chi connectivity index (χ0n) is 23.2. The van der Waals surface area contributed by atoms with Gasteiger partial charge in [0.1, 0.15) is 0 Å². The van der Waals surface area contributed by atoms with Gasteiger partial charge in [0.05, 0.1) is 21.5 Å². The number of benzene rings is 5. The second kappa shape index (κ2) is 7.80. The highest BCUT2D eigenvalue weighted by atomic mass is 16.4. The van der Waals surface area contributed by atoms with Crippen LogP contribution in [-0.2, 0) is 0 Å². The molecule has 2 bridgehead atoms. The fourth-order valence-electron chi connectivity index (χ4n) is 7.52. The smallest absolute Gasteiger partial charge is 0.347 e. The van der Waals surface area contributed by atoms with Crippen LogP contribution in [0.3, 0.4) is 0 Å². The maximum absolute atomic E-state index is 12.2. The van der Waals surface area contributed by atoms with E-state index in [0.29, 0.717) is 44.7 Å². The summed E-state index contributed by atoms with van der Waals surface area (Å²) in [7, 11) is 0. The topological polar surface area (TPSA) is 147 Å². The minimum absolute atomic E-state index is 0.137. The van der Waals surface area contributed by atoms with E-state index in [1.165, 1.54) is 24.3 Å². The van der Waals surface area contributed by atoms with Crippen molar-refractivity contribution in [2.75, 3.05) is 0 Å². The first-order chi connectivity index (χ1) is 22.4. The van der Waals surface area contributed by atoms with Crippen molar-refractivity contribution >= 4 is 66.2 Å². The van der Waals surface area contributed by atoms with Crippen molar-refractivity contribution in [1.82, 2.24) is 0 Å². The highest BCUT2D eigenvalue weighted by Crippen LogP contribution is 2.57. The van der Waals surface area contributed by atoms with Crippen LogP contribution in [0, 0.1) is 0 Å². The molecule has 46 heavy (non-hydrogen) atoms. The molecular weight excluding hydrogens is 592 g/mol. The van der Waals surface area contributed by atoms with Crippen LogP contribution in [0.2, 0.25) is 0 Å². The van der Waals surface area contributed by atoms with Crippen LogP contribution >= 0.6 is 0 Å². The SMILES string of the molecule is O=c1oc(=O)c2cc3oc4cc5c(cc4oc3cc12)C1c2ccccc2C5c2cc3oc4cc5c(=O)oc(=O)c5cc4oc3cc21. The fourth-order valence-corrected chi connectivity index (χ4v) is 7.52. The van der Waals surface area contributed by atoms with Crippen LogP contribution in [-0.4, -0.2) is 0 Å². The molecule has 0 radical (unpaired) electrons. The van der Waals surface area contributed by atoms with Crippen molar-refractivity contribution in [3.8, 4) is 0 Å². The van der Waals surface area contributed by atoms with Gasteiger partial charge in [-0.2, -0.15) is 0 Å². The summed E-state index contributed by atoms with van der Waals surface area (Å²) in [6.07, 6.45) is 0. The average molecular weight is 606 g/mol. The number of hydrogen-bond donors (Lipinski definition) is 0. The van der Waals surface area contributed by atoms with Crippen molar-refractivity contribution < 1.29 is 26.5 Å². The summed E-state index contributed by atoms with van der Waals surface area (Å²) in [5, 5.41) is 0.547. The Morgan fingerprint density at radius 3 is 0.870 bits per heavy atom. The molecule has 5 aromatic carbocycles. The van der Waals surface area contributed by atoms with Crippen LogP contribution in [0.4, 0.5) is 0 Å². The maximum Gasteiger partial charge on any atom is 0.347 e. The fraction of sp³-hybridized carbons (Fsp3) is 0.0556. The summed E-state index contributed by atoms with van der Waals surface area (Å²) in [5.74, 6) is -0.339. The molecule has 0 N–H and O–H groups in total. The Labute approximate surface area is 252 Å². The maximum atomic E-state index is 12.2. The first-order valence-corrected chi connectivity index (χ1v) is 14.4. The molecule has 4 heterocycles. The van der Waals surface area contributed by atoms with Crippen molar-refractivity contribution in [2.24, 2.45) is 0 Å². The van der Waals surface area contributed by atoms with Gasteiger partial charge in [0.15, 0.2) is 44.7 Å². The number of fused-ring (bicyclic) bond motifs is 6. The summed E-state index contributed by atoms with van der Waals surface area (Å²) in [4.78, 5) is 48.7. The van der Waals surface area contributed by atoms with Crippen molar-refractivity contribution in [1.29, 1.82) is 0 Å². The quantitative estimate of drug-likeness (QED) is 0.173. The van der Waals surface area contributed by atoms with Gasteiger partial charge < -0.3 is 26.5 Å². The molecule has 0 unspecified atom stereocenters. The Hall–Kier alpha value is -6.42. The van der Waals surface area contributed by atoms with Crippen LogP contribution < -0.4 is 22.5 Å². The minimum atomic E-state index is -0.719. The third kappa shape index (κ3) is 2.86. The third-order valence-electron chi connectivity index (χ3n) is 9.46. The molecule has 0 aliphatic heterocycles. The van der Waals surface area contributed by atoms with Gasteiger partial charge in [0, 0.05) is 36.1 Å². The number of hydrogen-bond acceptors (Lipinski definition) is 10. The average Bonchev–Trinajstić information content (AvgIpc) is 3.49. The zero-order chi connectivity index (χ0) is 30.6. The van der Waals surface area contributed by atoms with E-state index in [9.17, 15) is 19.2 Å². The molecule has 0 saturated heterocycles. The van der Waals surface area contributed by atoms with Crippen LogP contribution in [0.25, 0.3) is 66.2 Å². The van der Waals surface area contributed by atoms with Gasteiger partial charge in [-0.05, 0) is 57.6 Å². The lowest BCUT2D eigenvalue weighted by Gasteiger charge is -2.42. The summed E-state index contributed by atoms with van der Waals surface area (Å²) in [5.41, 5.74) is 6.77. The molecule has 10 heteroatoms. The van der Waals surface area contributed by atoms with E-state index in [-0.39, 0.29) is 33.4 Å². The molecule has 0 amide bonds. The van der Waals surface area contributed by atoms with Gasteiger partial charge in [-0.1, -0.05) is 24.3 Å². The van der Waals surface area contributed by atoms with E-state index in [1.54, 1.807) is 0 Å². The van der Waals surface area contributed by atoms with Crippen molar-refractivity contribution in [2.45, 2.75) is 11.8 Å². The molecular formula is C36H14O10. The van der Waals surface area contributed by atoms with E-state index in [0.717, 1.165) is 33.4 Å². The Bertz CT molecular complexity index is 2750. The van der Waals surface area contributed by atoms with Gasteiger partial charge in [0.25, 0.3) is 0 Å². The number of rotatable bonds is 0. The van der Waals surface area contributed by atoms with Crippen LogP contribution in [0.15, 0.2) is 118 Å². The summed E-state index contributed by atoms with van der Waals surface area (Å²) >= 11 is 0. The molecule has 0 spiro atoms. The predicted molar refractivity (Wildman–Crippen MR) is 165 cm³/mol. The second-order valence-corrected chi connectivity index (χ2v) is 11.8. The highest BCUT2D eigenvalue weighted by molar-refractivity contribution is 5.96. The second-order valence-electron chi connectivity index (χ2n) is 11.8. The first-order valence-electron chi connectivity index (χ1n) is 14.4.